The van der Waals surface area contributed by atoms with Crippen molar-refractivity contribution in [2.24, 2.45) is 11.8 Å². The van der Waals surface area contributed by atoms with Gasteiger partial charge in [0.1, 0.15) is 5.82 Å². The summed E-state index contributed by atoms with van der Waals surface area (Å²) in [5.74, 6) is -0.747. The molecule has 1 aliphatic carbocycles. The van der Waals surface area contributed by atoms with Crippen LogP contribution in [0.2, 0.25) is 0 Å². The van der Waals surface area contributed by atoms with Gasteiger partial charge in [-0.15, -0.1) is 11.3 Å². The third-order valence-corrected chi connectivity index (χ3v) is 8.94. The fourth-order valence-corrected chi connectivity index (χ4v) is 6.79. The summed E-state index contributed by atoms with van der Waals surface area (Å²) in [7, 11) is 0. The Hall–Kier alpha value is -3.63. The van der Waals surface area contributed by atoms with Crippen LogP contribution >= 0.6 is 11.3 Å². The normalized spacial score (nSPS) is 19.8. The summed E-state index contributed by atoms with van der Waals surface area (Å²) in [5.41, 5.74) is 3.55. The van der Waals surface area contributed by atoms with E-state index in [9.17, 15) is 19.5 Å². The molecule has 2 unspecified atom stereocenters. The van der Waals surface area contributed by atoms with Crippen molar-refractivity contribution < 1.29 is 24.2 Å². The molecule has 2 amide bonds. The average molecular weight is 575 g/mol. The summed E-state index contributed by atoms with van der Waals surface area (Å²) in [6.07, 6.45) is 7.20. The summed E-state index contributed by atoms with van der Waals surface area (Å²) in [6, 6.07) is 11.9. The molecule has 2 aromatic heterocycles. The van der Waals surface area contributed by atoms with Gasteiger partial charge in [-0.2, -0.15) is 0 Å². The quantitative estimate of drug-likeness (QED) is 0.345. The molecule has 6 rings (SSSR count). The van der Waals surface area contributed by atoms with Gasteiger partial charge in [-0.1, -0.05) is 24.3 Å². The zero-order valence-corrected chi connectivity index (χ0v) is 23.7. The van der Waals surface area contributed by atoms with Gasteiger partial charge in [0.2, 0.25) is 11.8 Å². The molecule has 1 N–H and O–H groups in total. The monoisotopic (exact) mass is 574 g/mol. The van der Waals surface area contributed by atoms with E-state index in [1.54, 1.807) is 16.0 Å². The summed E-state index contributed by atoms with van der Waals surface area (Å²) in [6.45, 7) is 2.00. The minimum atomic E-state index is -0.960. The predicted octanol–water partition coefficient (Wildman–Crippen LogP) is 5.40. The Bertz CT molecular complexity index is 1410. The number of nitrogens with zero attached hydrogens (tertiary/aromatic N) is 4. The van der Waals surface area contributed by atoms with E-state index in [0.717, 1.165) is 61.1 Å². The second-order valence-electron chi connectivity index (χ2n) is 11.2. The second kappa shape index (κ2) is 12.1. The number of hydrogen-bond acceptors (Lipinski definition) is 7. The van der Waals surface area contributed by atoms with Gasteiger partial charge in [-0.25, -0.2) is 9.97 Å². The molecule has 2 aliphatic heterocycles. The molecule has 0 radical (unpaired) electrons. The van der Waals surface area contributed by atoms with E-state index in [0.29, 0.717) is 36.9 Å². The van der Waals surface area contributed by atoms with Crippen molar-refractivity contribution >= 4 is 40.1 Å². The largest absolute Gasteiger partial charge is 0.481 e. The van der Waals surface area contributed by atoms with Crippen LogP contribution in [0.5, 0.6) is 0 Å². The topological polar surface area (TPSA) is 113 Å². The van der Waals surface area contributed by atoms with Crippen LogP contribution in [0.1, 0.15) is 51.4 Å². The van der Waals surface area contributed by atoms with Crippen LogP contribution in [0.4, 0.5) is 10.9 Å². The Kier molecular flexibility index (Phi) is 8.11. The molecule has 0 bridgehead atoms. The molecule has 41 heavy (non-hydrogen) atoms. The van der Waals surface area contributed by atoms with Gasteiger partial charge in [0, 0.05) is 60.8 Å². The van der Waals surface area contributed by atoms with E-state index in [4.69, 9.17) is 9.72 Å². The fourth-order valence-electron chi connectivity index (χ4n) is 5.89. The number of amides is 2. The highest BCUT2D eigenvalue weighted by Crippen LogP contribution is 2.40. The minimum absolute atomic E-state index is 0.0562. The summed E-state index contributed by atoms with van der Waals surface area (Å²) in [4.78, 5) is 50.7. The number of aliphatic carboxylic acids is 1. The second-order valence-corrected chi connectivity index (χ2v) is 12.0. The van der Waals surface area contributed by atoms with Gasteiger partial charge in [-0.05, 0) is 62.1 Å². The lowest BCUT2D eigenvalue weighted by molar-refractivity contribution is -0.141. The van der Waals surface area contributed by atoms with Crippen molar-refractivity contribution in [2.45, 2.75) is 57.4 Å². The highest BCUT2D eigenvalue weighted by atomic mass is 32.1. The third kappa shape index (κ3) is 6.18. The first kappa shape index (κ1) is 27.5. The SMILES string of the molecule is O=C(O)CC(CC1CCCOC1)C(=O)N(c1nc(-c2ccccc2-c2ccc(N3CCCC3=O)nc2)cs1)C1CC1. The number of anilines is 2. The van der Waals surface area contributed by atoms with Crippen molar-refractivity contribution in [1.82, 2.24) is 9.97 Å². The zero-order chi connectivity index (χ0) is 28.3. The molecular weight excluding hydrogens is 540 g/mol. The van der Waals surface area contributed by atoms with Gasteiger partial charge in [-0.3, -0.25) is 24.2 Å². The van der Waals surface area contributed by atoms with Gasteiger partial charge in [0.25, 0.3) is 0 Å². The van der Waals surface area contributed by atoms with Crippen molar-refractivity contribution in [3.05, 3.63) is 48.0 Å². The number of thiazole rings is 1. The van der Waals surface area contributed by atoms with Crippen LogP contribution < -0.4 is 9.80 Å². The molecule has 2 atom stereocenters. The molecule has 3 aliphatic rings. The molecule has 1 aromatic carbocycles. The van der Waals surface area contributed by atoms with E-state index in [1.165, 1.54) is 11.3 Å². The van der Waals surface area contributed by atoms with Gasteiger partial charge >= 0.3 is 5.97 Å². The standard InChI is InChI=1S/C31H34N4O5S/c36-28-8-3-13-34(28)27-12-9-21(17-32-27)24-6-1-2-7-25(24)26-19-41-31(33-26)35(23-10-11-23)30(39)22(16-29(37)38)15-20-5-4-14-40-18-20/h1-2,6-7,9,12,17,19-20,22-23H,3-5,8,10-11,13-16,18H2,(H,37,38). The van der Waals surface area contributed by atoms with Gasteiger partial charge in [0.15, 0.2) is 5.13 Å². The van der Waals surface area contributed by atoms with E-state index in [1.807, 2.05) is 41.8 Å². The summed E-state index contributed by atoms with van der Waals surface area (Å²) >= 11 is 1.42. The number of carboxylic acids is 1. The molecule has 9 nitrogen and oxygen atoms in total. The molecule has 2 saturated heterocycles. The first-order valence-corrected chi connectivity index (χ1v) is 15.3. The number of carbonyl (C=O) groups is 3. The summed E-state index contributed by atoms with van der Waals surface area (Å²) in [5, 5.41) is 12.2. The predicted molar refractivity (Wildman–Crippen MR) is 157 cm³/mol. The van der Waals surface area contributed by atoms with Crippen molar-refractivity contribution in [3.8, 4) is 22.4 Å². The number of ether oxygens (including phenoxy) is 1. The first-order valence-electron chi connectivity index (χ1n) is 14.4. The Labute approximate surface area is 243 Å². The van der Waals surface area contributed by atoms with E-state index in [-0.39, 0.29) is 30.2 Å². The molecular formula is C31H34N4O5S. The highest BCUT2D eigenvalue weighted by molar-refractivity contribution is 7.14. The number of aromatic nitrogens is 2. The lowest BCUT2D eigenvalue weighted by Gasteiger charge is -2.29. The maximum Gasteiger partial charge on any atom is 0.304 e. The molecule has 3 fully saturated rings. The highest BCUT2D eigenvalue weighted by Gasteiger charge is 2.40. The number of hydrogen-bond donors (Lipinski definition) is 1. The Morgan fingerprint density at radius 3 is 2.61 bits per heavy atom. The van der Waals surface area contributed by atoms with Crippen molar-refractivity contribution in [3.63, 3.8) is 0 Å². The molecule has 3 aromatic rings. The Morgan fingerprint density at radius 1 is 1.12 bits per heavy atom. The maximum absolute atomic E-state index is 13.9. The van der Waals surface area contributed by atoms with E-state index in [2.05, 4.69) is 4.98 Å². The molecule has 214 valence electrons. The summed E-state index contributed by atoms with van der Waals surface area (Å²) < 4.78 is 5.61. The van der Waals surface area contributed by atoms with Gasteiger partial charge in [0.05, 0.1) is 12.1 Å². The lowest BCUT2D eigenvalue weighted by Crippen LogP contribution is -2.40. The molecule has 0 spiro atoms. The molecule has 4 heterocycles. The fraction of sp³-hybridized carbons (Fsp3) is 0.452. The molecule has 10 heteroatoms. The van der Waals surface area contributed by atoms with Crippen LogP contribution in [-0.2, 0) is 19.1 Å². The number of carbonyl (C=O) groups excluding carboxylic acids is 2. The minimum Gasteiger partial charge on any atom is -0.481 e. The van der Waals surface area contributed by atoms with Crippen molar-refractivity contribution in [2.75, 3.05) is 29.6 Å². The third-order valence-electron chi connectivity index (χ3n) is 8.10. The van der Waals surface area contributed by atoms with E-state index >= 15 is 0 Å². The first-order chi connectivity index (χ1) is 20.0. The average Bonchev–Trinajstić information content (AvgIpc) is 3.53. The maximum atomic E-state index is 13.9. The number of rotatable bonds is 10. The Morgan fingerprint density at radius 2 is 1.95 bits per heavy atom. The lowest BCUT2D eigenvalue weighted by atomic mass is 9.87. The van der Waals surface area contributed by atoms with Crippen molar-refractivity contribution in [1.29, 1.82) is 0 Å². The van der Waals surface area contributed by atoms with Crippen LogP contribution in [0.15, 0.2) is 48.0 Å². The van der Waals surface area contributed by atoms with Crippen LogP contribution in [0, 0.1) is 11.8 Å². The molecule has 1 saturated carbocycles. The van der Waals surface area contributed by atoms with Crippen LogP contribution in [0.25, 0.3) is 22.4 Å². The van der Waals surface area contributed by atoms with Crippen LogP contribution in [0.3, 0.4) is 0 Å². The number of benzene rings is 1. The number of carboxylic acid groups (broad SMARTS) is 1. The van der Waals surface area contributed by atoms with Crippen LogP contribution in [-0.4, -0.2) is 58.7 Å². The van der Waals surface area contributed by atoms with Gasteiger partial charge < -0.3 is 9.84 Å². The Balaban J connectivity index is 1.25. The number of pyridine rings is 1. The smallest absolute Gasteiger partial charge is 0.304 e. The zero-order valence-electron chi connectivity index (χ0n) is 22.9. The van der Waals surface area contributed by atoms with E-state index < -0.39 is 11.9 Å².